The van der Waals surface area contributed by atoms with Crippen molar-refractivity contribution in [3.05, 3.63) is 18.0 Å². The van der Waals surface area contributed by atoms with Gasteiger partial charge in [0.1, 0.15) is 17.4 Å². The van der Waals surface area contributed by atoms with Gasteiger partial charge in [-0.25, -0.2) is 0 Å². The van der Waals surface area contributed by atoms with Crippen molar-refractivity contribution in [2.75, 3.05) is 42.2 Å². The largest absolute Gasteiger partial charge is 0.463 e. The zero-order valence-electron chi connectivity index (χ0n) is 16.2. The van der Waals surface area contributed by atoms with Crippen LogP contribution in [-0.2, 0) is 4.79 Å². The summed E-state index contributed by atoms with van der Waals surface area (Å²) in [6, 6.07) is 1.23. The SMILES string of the molecule is CCCCOc1nc(N)c2c(n1)N1CCCN(C(=O)c3cc[nH]n3)CC1C(=O)N2. The standard InChI is InChI=1S/C18H24N8O3/c1-2-3-9-29-18-22-14(19)13-15(23-18)26-8-4-7-25(10-12(26)16(27)21-13)17(28)11-5-6-20-24-11/h5-6,12H,2-4,7-10H2,1H3,(H,20,24)(H,21,27)(H2,19,22,23). The monoisotopic (exact) mass is 400 g/mol. The van der Waals surface area contributed by atoms with Gasteiger partial charge >= 0.3 is 6.01 Å². The van der Waals surface area contributed by atoms with E-state index in [1.165, 1.54) is 0 Å². The van der Waals surface area contributed by atoms with Crippen LogP contribution in [0.5, 0.6) is 6.01 Å². The lowest BCUT2D eigenvalue weighted by Crippen LogP contribution is -2.53. The van der Waals surface area contributed by atoms with Gasteiger partial charge in [-0.3, -0.25) is 14.7 Å². The van der Waals surface area contributed by atoms with Crippen molar-refractivity contribution in [1.82, 2.24) is 25.1 Å². The van der Waals surface area contributed by atoms with E-state index in [1.54, 1.807) is 17.2 Å². The summed E-state index contributed by atoms with van der Waals surface area (Å²) >= 11 is 0. The molecule has 11 nitrogen and oxygen atoms in total. The lowest BCUT2D eigenvalue weighted by molar-refractivity contribution is -0.117. The number of aromatic nitrogens is 4. The summed E-state index contributed by atoms with van der Waals surface area (Å²) in [6.45, 7) is 3.87. The maximum atomic E-state index is 12.8. The fourth-order valence-corrected chi connectivity index (χ4v) is 3.54. The van der Waals surface area contributed by atoms with Crippen LogP contribution in [0, 0.1) is 0 Å². The normalized spacial score (nSPS) is 18.5. The maximum Gasteiger partial charge on any atom is 0.320 e. The molecule has 4 heterocycles. The van der Waals surface area contributed by atoms with Crippen molar-refractivity contribution in [3.63, 3.8) is 0 Å². The average molecular weight is 400 g/mol. The van der Waals surface area contributed by atoms with E-state index in [1.807, 2.05) is 4.90 Å². The van der Waals surface area contributed by atoms with Crippen LogP contribution in [0.3, 0.4) is 0 Å². The zero-order valence-corrected chi connectivity index (χ0v) is 16.2. The molecule has 2 aromatic heterocycles. The molecule has 11 heteroatoms. The number of anilines is 3. The molecule has 154 valence electrons. The van der Waals surface area contributed by atoms with Gasteiger partial charge in [-0.15, -0.1) is 0 Å². The van der Waals surface area contributed by atoms with Crippen molar-refractivity contribution in [2.24, 2.45) is 0 Å². The smallest absolute Gasteiger partial charge is 0.320 e. The fourth-order valence-electron chi connectivity index (χ4n) is 3.54. The molecule has 0 radical (unpaired) electrons. The number of H-pyrrole nitrogens is 1. The van der Waals surface area contributed by atoms with E-state index in [4.69, 9.17) is 10.5 Å². The van der Waals surface area contributed by atoms with Gasteiger partial charge in [0, 0.05) is 19.3 Å². The number of unbranched alkanes of at least 4 members (excludes halogenated alkanes) is 1. The molecule has 2 aliphatic heterocycles. The number of fused-ring (bicyclic) bond motifs is 3. The Balaban J connectivity index is 1.60. The van der Waals surface area contributed by atoms with Gasteiger partial charge in [0.05, 0.1) is 13.2 Å². The van der Waals surface area contributed by atoms with E-state index < -0.39 is 6.04 Å². The quantitative estimate of drug-likeness (QED) is 0.621. The van der Waals surface area contributed by atoms with Crippen molar-refractivity contribution >= 4 is 29.1 Å². The molecule has 1 saturated heterocycles. The van der Waals surface area contributed by atoms with E-state index in [0.717, 1.165) is 12.8 Å². The Bertz CT molecular complexity index is 901. The van der Waals surface area contributed by atoms with Gasteiger partial charge in [-0.1, -0.05) is 13.3 Å². The number of aromatic amines is 1. The molecule has 0 aromatic carbocycles. The summed E-state index contributed by atoms with van der Waals surface area (Å²) in [6.07, 6.45) is 4.15. The molecular formula is C18H24N8O3. The van der Waals surface area contributed by atoms with Crippen molar-refractivity contribution < 1.29 is 14.3 Å². The molecule has 0 saturated carbocycles. The highest BCUT2D eigenvalue weighted by atomic mass is 16.5. The van der Waals surface area contributed by atoms with Crippen LogP contribution in [0.4, 0.5) is 17.3 Å². The van der Waals surface area contributed by atoms with E-state index in [9.17, 15) is 9.59 Å². The lowest BCUT2D eigenvalue weighted by Gasteiger charge is -2.36. The summed E-state index contributed by atoms with van der Waals surface area (Å²) in [5.74, 6) is 0.247. The number of rotatable bonds is 5. The molecule has 1 unspecified atom stereocenters. The Morgan fingerprint density at radius 3 is 3.00 bits per heavy atom. The predicted molar refractivity (Wildman–Crippen MR) is 106 cm³/mol. The van der Waals surface area contributed by atoms with Crippen LogP contribution >= 0.6 is 0 Å². The first-order chi connectivity index (χ1) is 14.1. The molecule has 29 heavy (non-hydrogen) atoms. The number of nitrogens with zero attached hydrogens (tertiary/aromatic N) is 5. The molecular weight excluding hydrogens is 376 g/mol. The van der Waals surface area contributed by atoms with E-state index in [2.05, 4.69) is 32.4 Å². The van der Waals surface area contributed by atoms with E-state index >= 15 is 0 Å². The van der Waals surface area contributed by atoms with Gasteiger partial charge in [-0.2, -0.15) is 15.1 Å². The Morgan fingerprint density at radius 1 is 1.38 bits per heavy atom. The number of nitrogen functional groups attached to an aromatic ring is 1. The van der Waals surface area contributed by atoms with Gasteiger partial charge in [0.2, 0.25) is 5.91 Å². The molecule has 0 aliphatic carbocycles. The molecule has 4 N–H and O–H groups in total. The third-order valence-corrected chi connectivity index (χ3v) is 5.05. The number of amides is 2. The molecule has 4 rings (SSSR count). The molecule has 0 bridgehead atoms. The number of nitrogens with one attached hydrogen (secondary N) is 2. The van der Waals surface area contributed by atoms with Crippen LogP contribution in [0.15, 0.2) is 12.3 Å². The minimum atomic E-state index is -0.578. The first kappa shape index (κ1) is 19.0. The number of carbonyl (C=O) groups excluding carboxylic acids is 2. The van der Waals surface area contributed by atoms with E-state index in [0.29, 0.717) is 43.3 Å². The number of ether oxygens (including phenoxy) is 1. The summed E-state index contributed by atoms with van der Waals surface area (Å²) in [5.41, 5.74) is 6.78. The molecule has 2 aliphatic rings. The van der Waals surface area contributed by atoms with Gasteiger partial charge in [0.25, 0.3) is 5.91 Å². The van der Waals surface area contributed by atoms with Gasteiger partial charge in [0.15, 0.2) is 11.6 Å². The highest BCUT2D eigenvalue weighted by Gasteiger charge is 2.39. The van der Waals surface area contributed by atoms with Crippen molar-refractivity contribution in [3.8, 4) is 6.01 Å². The average Bonchev–Trinajstić information content (AvgIpc) is 3.14. The zero-order chi connectivity index (χ0) is 20.4. The summed E-state index contributed by atoms with van der Waals surface area (Å²) < 4.78 is 5.62. The molecule has 2 aromatic rings. The van der Waals surface area contributed by atoms with Crippen LogP contribution in [0.25, 0.3) is 0 Å². The Labute approximate surface area is 167 Å². The van der Waals surface area contributed by atoms with Crippen LogP contribution in [-0.4, -0.2) is 69.2 Å². The number of hydrogen-bond donors (Lipinski definition) is 3. The second-order valence-electron chi connectivity index (χ2n) is 7.05. The maximum absolute atomic E-state index is 12.8. The molecule has 2 amide bonds. The van der Waals surface area contributed by atoms with Crippen LogP contribution in [0.1, 0.15) is 36.7 Å². The molecule has 1 fully saturated rings. The summed E-state index contributed by atoms with van der Waals surface area (Å²) in [4.78, 5) is 37.7. The highest BCUT2D eigenvalue weighted by Crippen LogP contribution is 2.36. The van der Waals surface area contributed by atoms with Crippen LogP contribution in [0.2, 0.25) is 0 Å². The van der Waals surface area contributed by atoms with Crippen molar-refractivity contribution in [2.45, 2.75) is 32.2 Å². The number of carbonyl (C=O) groups is 2. The van der Waals surface area contributed by atoms with Crippen LogP contribution < -0.4 is 20.7 Å². The predicted octanol–water partition coefficient (Wildman–Crippen LogP) is 0.634. The second kappa shape index (κ2) is 7.94. The van der Waals surface area contributed by atoms with Gasteiger partial charge in [-0.05, 0) is 18.9 Å². The summed E-state index contributed by atoms with van der Waals surface area (Å²) in [5, 5.41) is 9.40. The van der Waals surface area contributed by atoms with Gasteiger partial charge < -0.3 is 25.6 Å². The third kappa shape index (κ3) is 3.67. The molecule has 0 spiro atoms. The second-order valence-corrected chi connectivity index (χ2v) is 7.05. The minimum Gasteiger partial charge on any atom is -0.463 e. The first-order valence-corrected chi connectivity index (χ1v) is 9.75. The Hall–Kier alpha value is -3.37. The minimum absolute atomic E-state index is 0.169. The molecule has 1 atom stereocenters. The highest BCUT2D eigenvalue weighted by molar-refractivity contribution is 6.06. The fraction of sp³-hybridized carbons (Fsp3) is 0.500. The first-order valence-electron chi connectivity index (χ1n) is 9.75. The lowest BCUT2D eigenvalue weighted by atomic mass is 10.1. The van der Waals surface area contributed by atoms with E-state index in [-0.39, 0.29) is 30.2 Å². The Kier molecular flexibility index (Phi) is 5.19. The topological polar surface area (TPSA) is 142 Å². The summed E-state index contributed by atoms with van der Waals surface area (Å²) in [7, 11) is 0. The Morgan fingerprint density at radius 2 is 2.24 bits per heavy atom. The van der Waals surface area contributed by atoms with Crippen molar-refractivity contribution in [1.29, 1.82) is 0 Å². The number of hydrogen-bond acceptors (Lipinski definition) is 8. The number of nitrogens with two attached hydrogens (primary N) is 1. The third-order valence-electron chi connectivity index (χ3n) is 5.05.